The molecule has 1 aromatic carbocycles. The Morgan fingerprint density at radius 2 is 2.08 bits per heavy atom. The lowest BCUT2D eigenvalue weighted by atomic mass is 10.00. The molecule has 0 spiro atoms. The van der Waals surface area contributed by atoms with Gasteiger partial charge in [0.25, 0.3) is 0 Å². The van der Waals surface area contributed by atoms with Crippen LogP contribution < -0.4 is 0 Å². The molecule has 2 atom stereocenters. The monoisotopic (exact) mass is 364 g/mol. The van der Waals surface area contributed by atoms with E-state index >= 15 is 0 Å². The second-order valence-corrected chi connectivity index (χ2v) is 6.88. The van der Waals surface area contributed by atoms with Crippen molar-refractivity contribution in [2.24, 2.45) is 0 Å². The molecule has 0 aliphatic carbocycles. The van der Waals surface area contributed by atoms with Crippen molar-refractivity contribution in [3.8, 4) is 0 Å². The minimum atomic E-state index is -0.801. The van der Waals surface area contributed by atoms with Crippen molar-refractivity contribution < 1.29 is 9.90 Å². The van der Waals surface area contributed by atoms with Crippen LogP contribution >= 0.6 is 23.2 Å². The van der Waals surface area contributed by atoms with Gasteiger partial charge in [-0.05, 0) is 49.1 Å². The highest BCUT2D eigenvalue weighted by Crippen LogP contribution is 2.36. The zero-order valence-corrected chi connectivity index (χ0v) is 14.8. The number of hydrogen-bond donors (Lipinski definition) is 1. The Kier molecular flexibility index (Phi) is 5.09. The van der Waals surface area contributed by atoms with Gasteiger partial charge in [-0.2, -0.15) is 0 Å². The molecule has 2 heterocycles. The Balaban J connectivity index is 2.08. The van der Waals surface area contributed by atoms with Gasteiger partial charge in [0.2, 0.25) is 0 Å². The van der Waals surface area contributed by atoms with E-state index in [1.165, 1.54) is 0 Å². The molecule has 4 nitrogen and oxygen atoms in total. The molecule has 0 radical (unpaired) electrons. The fraction of sp³-hybridized carbons (Fsp3) is 0.333. The summed E-state index contributed by atoms with van der Waals surface area (Å²) in [6, 6.07) is 8.58. The molecule has 1 aromatic heterocycles. The van der Waals surface area contributed by atoms with E-state index < -0.39 is 12.0 Å². The van der Waals surface area contributed by atoms with Gasteiger partial charge in [0.15, 0.2) is 0 Å². The molecule has 3 rings (SSSR count). The summed E-state index contributed by atoms with van der Waals surface area (Å²) in [4.78, 5) is 18.2. The average molecular weight is 365 g/mol. The Labute approximate surface area is 151 Å². The smallest absolute Gasteiger partial charge is 0.320 e. The van der Waals surface area contributed by atoms with Crippen molar-refractivity contribution in [3.05, 3.63) is 63.4 Å². The number of aryl methyl sites for hydroxylation is 1. The predicted octanol–water partition coefficient (Wildman–Crippen LogP) is 4.34. The van der Waals surface area contributed by atoms with Gasteiger partial charge in [-0.15, -0.1) is 0 Å². The number of likely N-dealkylation sites (tertiary alicyclic amines) is 1. The van der Waals surface area contributed by atoms with Crippen molar-refractivity contribution in [3.63, 3.8) is 0 Å². The largest absolute Gasteiger partial charge is 0.480 e. The molecule has 0 bridgehead atoms. The van der Waals surface area contributed by atoms with Gasteiger partial charge in [0.1, 0.15) is 6.04 Å². The van der Waals surface area contributed by atoms with Crippen molar-refractivity contribution in [2.75, 3.05) is 6.54 Å². The van der Waals surface area contributed by atoms with Gasteiger partial charge in [0, 0.05) is 12.7 Å². The quantitative estimate of drug-likeness (QED) is 0.876. The van der Waals surface area contributed by atoms with Crippen molar-refractivity contribution in [1.29, 1.82) is 0 Å². The Morgan fingerprint density at radius 3 is 2.71 bits per heavy atom. The minimum absolute atomic E-state index is 0.260. The van der Waals surface area contributed by atoms with E-state index in [9.17, 15) is 9.90 Å². The fourth-order valence-corrected chi connectivity index (χ4v) is 3.53. The topological polar surface area (TPSA) is 53.4 Å². The molecular formula is C18H18Cl2N2O2. The molecule has 2 aromatic rings. The lowest BCUT2D eigenvalue weighted by Crippen LogP contribution is -2.39. The molecule has 1 saturated heterocycles. The van der Waals surface area contributed by atoms with Crippen LogP contribution in [0.4, 0.5) is 0 Å². The summed E-state index contributed by atoms with van der Waals surface area (Å²) in [6.45, 7) is 2.68. The van der Waals surface area contributed by atoms with Gasteiger partial charge in [-0.3, -0.25) is 14.7 Å². The first-order valence-electron chi connectivity index (χ1n) is 7.83. The van der Waals surface area contributed by atoms with Crippen LogP contribution in [0.15, 0.2) is 36.5 Å². The van der Waals surface area contributed by atoms with E-state index in [2.05, 4.69) is 4.98 Å². The number of benzene rings is 1. The number of carboxylic acids is 1. The normalized spacial score (nSPS) is 19.4. The van der Waals surface area contributed by atoms with Crippen molar-refractivity contribution in [2.45, 2.75) is 31.8 Å². The third kappa shape index (κ3) is 3.41. The van der Waals surface area contributed by atoms with E-state index in [1.807, 2.05) is 30.0 Å². The highest BCUT2D eigenvalue weighted by molar-refractivity contribution is 6.42. The second-order valence-electron chi connectivity index (χ2n) is 6.07. The minimum Gasteiger partial charge on any atom is -0.480 e. The summed E-state index contributed by atoms with van der Waals surface area (Å²) in [5.74, 6) is -0.801. The zero-order chi connectivity index (χ0) is 17.3. The SMILES string of the molecule is Cc1ccc(C(c2ccc(Cl)c(Cl)c2)N2CCCC2C(=O)O)nc1. The number of aliphatic carboxylic acids is 1. The van der Waals surface area contributed by atoms with Gasteiger partial charge >= 0.3 is 5.97 Å². The number of nitrogens with zero attached hydrogens (tertiary/aromatic N) is 2. The van der Waals surface area contributed by atoms with Crippen LogP contribution in [0.1, 0.15) is 35.7 Å². The molecule has 1 aliphatic rings. The van der Waals surface area contributed by atoms with Crippen molar-refractivity contribution >= 4 is 29.2 Å². The van der Waals surface area contributed by atoms with Gasteiger partial charge < -0.3 is 5.11 Å². The number of hydrogen-bond acceptors (Lipinski definition) is 3. The fourth-order valence-electron chi connectivity index (χ4n) is 3.22. The summed E-state index contributed by atoms with van der Waals surface area (Å²) in [5, 5.41) is 10.5. The Morgan fingerprint density at radius 1 is 1.29 bits per heavy atom. The summed E-state index contributed by atoms with van der Waals surface area (Å²) >= 11 is 12.2. The average Bonchev–Trinajstić information content (AvgIpc) is 3.02. The van der Waals surface area contributed by atoms with Crippen LogP contribution in [0.3, 0.4) is 0 Å². The number of pyridine rings is 1. The molecule has 0 saturated carbocycles. The molecule has 2 unspecified atom stereocenters. The second kappa shape index (κ2) is 7.09. The highest BCUT2D eigenvalue weighted by Gasteiger charge is 2.37. The van der Waals surface area contributed by atoms with Crippen LogP contribution in [0.2, 0.25) is 10.0 Å². The van der Waals surface area contributed by atoms with Crippen LogP contribution in [0, 0.1) is 6.92 Å². The molecule has 0 amide bonds. The number of halogens is 2. The van der Waals surface area contributed by atoms with Gasteiger partial charge in [-0.1, -0.05) is 35.3 Å². The van der Waals surface area contributed by atoms with E-state index in [4.69, 9.17) is 23.2 Å². The van der Waals surface area contributed by atoms with E-state index in [0.717, 1.165) is 23.2 Å². The van der Waals surface area contributed by atoms with E-state index in [1.54, 1.807) is 18.3 Å². The maximum absolute atomic E-state index is 11.6. The van der Waals surface area contributed by atoms with Crippen LogP contribution in [0.25, 0.3) is 0 Å². The molecule has 1 aliphatic heterocycles. The lowest BCUT2D eigenvalue weighted by molar-refractivity contribution is -0.142. The van der Waals surface area contributed by atoms with E-state index in [-0.39, 0.29) is 6.04 Å². The summed E-state index contributed by atoms with van der Waals surface area (Å²) in [6.07, 6.45) is 3.28. The number of carboxylic acid groups (broad SMARTS) is 1. The first-order chi connectivity index (χ1) is 11.5. The van der Waals surface area contributed by atoms with E-state index in [0.29, 0.717) is 23.0 Å². The Hall–Kier alpha value is -1.62. The summed E-state index contributed by atoms with van der Waals surface area (Å²) in [5.41, 5.74) is 2.77. The van der Waals surface area contributed by atoms with Crippen LogP contribution in [-0.4, -0.2) is 33.5 Å². The number of carbonyl (C=O) groups is 1. The number of aromatic nitrogens is 1. The third-order valence-electron chi connectivity index (χ3n) is 4.38. The molecule has 6 heteroatoms. The Bertz CT molecular complexity index is 749. The first-order valence-corrected chi connectivity index (χ1v) is 8.59. The predicted molar refractivity (Wildman–Crippen MR) is 94.6 cm³/mol. The zero-order valence-electron chi connectivity index (χ0n) is 13.2. The van der Waals surface area contributed by atoms with Crippen molar-refractivity contribution in [1.82, 2.24) is 9.88 Å². The molecule has 126 valence electrons. The van der Waals surface area contributed by atoms with Gasteiger partial charge in [0.05, 0.1) is 21.8 Å². The van der Waals surface area contributed by atoms with Crippen LogP contribution in [0.5, 0.6) is 0 Å². The molecule has 1 N–H and O–H groups in total. The maximum atomic E-state index is 11.6. The highest BCUT2D eigenvalue weighted by atomic mass is 35.5. The molecule has 1 fully saturated rings. The maximum Gasteiger partial charge on any atom is 0.320 e. The molecule has 24 heavy (non-hydrogen) atoms. The first kappa shape index (κ1) is 17.2. The molecular weight excluding hydrogens is 347 g/mol. The standard InChI is InChI=1S/C18H18Cl2N2O2/c1-11-4-7-15(21-10-11)17(12-5-6-13(19)14(20)9-12)22-8-2-3-16(22)18(23)24/h4-7,9-10,16-17H,2-3,8H2,1H3,(H,23,24). The van der Waals surface area contributed by atoms with Crippen LogP contribution in [-0.2, 0) is 4.79 Å². The summed E-state index contributed by atoms with van der Waals surface area (Å²) < 4.78 is 0. The third-order valence-corrected chi connectivity index (χ3v) is 5.12. The number of rotatable bonds is 4. The van der Waals surface area contributed by atoms with Gasteiger partial charge in [-0.25, -0.2) is 0 Å². The summed E-state index contributed by atoms with van der Waals surface area (Å²) in [7, 11) is 0. The lowest BCUT2D eigenvalue weighted by Gasteiger charge is -2.31.